The highest BCUT2D eigenvalue weighted by Crippen LogP contribution is 2.33. The molecule has 1 N–H and O–H groups in total. The van der Waals surface area contributed by atoms with Gasteiger partial charge in [-0.15, -0.1) is 0 Å². The van der Waals surface area contributed by atoms with E-state index in [-0.39, 0.29) is 0 Å². The Morgan fingerprint density at radius 2 is 2.06 bits per heavy atom. The molecule has 1 aromatic heterocycles. The Morgan fingerprint density at radius 1 is 1.29 bits per heavy atom. The predicted molar refractivity (Wildman–Crippen MR) is 72.3 cm³/mol. The molecule has 3 rings (SSSR count). The van der Waals surface area contributed by atoms with Crippen LogP contribution in [0.5, 0.6) is 0 Å². The SMILES string of the molecule is CC1CCn2c(C3CCNCC3)nc(Br)c2C1. The second-order valence-corrected chi connectivity index (χ2v) is 6.23. The third-order valence-electron chi connectivity index (χ3n) is 4.14. The van der Waals surface area contributed by atoms with Crippen LogP contribution in [0, 0.1) is 5.92 Å². The van der Waals surface area contributed by atoms with Gasteiger partial charge in [-0.2, -0.15) is 0 Å². The van der Waals surface area contributed by atoms with E-state index in [2.05, 4.69) is 32.7 Å². The van der Waals surface area contributed by atoms with E-state index in [1.54, 1.807) is 0 Å². The maximum absolute atomic E-state index is 4.80. The highest BCUT2D eigenvalue weighted by Gasteiger charge is 2.27. The van der Waals surface area contributed by atoms with Crippen molar-refractivity contribution < 1.29 is 0 Å². The number of nitrogens with zero attached hydrogens (tertiary/aromatic N) is 2. The number of aromatic nitrogens is 2. The Labute approximate surface area is 111 Å². The molecule has 3 heterocycles. The number of nitrogens with one attached hydrogen (secondary N) is 1. The van der Waals surface area contributed by atoms with Gasteiger partial charge < -0.3 is 9.88 Å². The molecule has 1 atom stereocenters. The summed E-state index contributed by atoms with van der Waals surface area (Å²) in [6.07, 6.45) is 4.95. The van der Waals surface area contributed by atoms with Crippen LogP contribution in [0.1, 0.15) is 43.6 Å². The zero-order chi connectivity index (χ0) is 11.8. The van der Waals surface area contributed by atoms with Crippen LogP contribution < -0.4 is 5.32 Å². The van der Waals surface area contributed by atoms with E-state index in [9.17, 15) is 0 Å². The van der Waals surface area contributed by atoms with Gasteiger partial charge in [0, 0.05) is 12.5 Å². The Morgan fingerprint density at radius 3 is 2.82 bits per heavy atom. The maximum atomic E-state index is 4.80. The van der Waals surface area contributed by atoms with Crippen LogP contribution >= 0.6 is 15.9 Å². The minimum Gasteiger partial charge on any atom is -0.331 e. The van der Waals surface area contributed by atoms with Gasteiger partial charge in [-0.3, -0.25) is 0 Å². The second kappa shape index (κ2) is 4.73. The van der Waals surface area contributed by atoms with E-state index in [1.807, 2.05) is 0 Å². The van der Waals surface area contributed by atoms with Crippen LogP contribution in [0.25, 0.3) is 0 Å². The number of hydrogen-bond donors (Lipinski definition) is 1. The van der Waals surface area contributed by atoms with Gasteiger partial charge in [0.15, 0.2) is 0 Å². The first-order chi connectivity index (χ1) is 8.25. The summed E-state index contributed by atoms with van der Waals surface area (Å²) in [7, 11) is 0. The Bertz CT molecular complexity index is 407. The lowest BCUT2D eigenvalue weighted by molar-refractivity contribution is 0.380. The third-order valence-corrected chi connectivity index (χ3v) is 4.78. The van der Waals surface area contributed by atoms with Gasteiger partial charge in [-0.25, -0.2) is 4.98 Å². The topological polar surface area (TPSA) is 29.9 Å². The molecule has 1 fully saturated rings. The number of piperidine rings is 1. The van der Waals surface area contributed by atoms with Crippen molar-refractivity contribution in [1.82, 2.24) is 14.9 Å². The lowest BCUT2D eigenvalue weighted by Crippen LogP contribution is -2.29. The number of hydrogen-bond acceptors (Lipinski definition) is 2. The Kier molecular flexibility index (Phi) is 3.26. The standard InChI is InChI=1S/C13H20BrN3/c1-9-4-7-17-11(8-9)12(14)16-13(17)10-2-5-15-6-3-10/h9-10,15H,2-8H2,1H3. The molecule has 94 valence electrons. The van der Waals surface area contributed by atoms with Crippen molar-refractivity contribution in [2.75, 3.05) is 13.1 Å². The molecule has 0 spiro atoms. The van der Waals surface area contributed by atoms with Gasteiger partial charge >= 0.3 is 0 Å². The highest BCUT2D eigenvalue weighted by atomic mass is 79.9. The maximum Gasteiger partial charge on any atom is 0.127 e. The van der Waals surface area contributed by atoms with Crippen molar-refractivity contribution in [3.05, 3.63) is 16.1 Å². The largest absolute Gasteiger partial charge is 0.331 e. The summed E-state index contributed by atoms with van der Waals surface area (Å²) in [5.74, 6) is 2.80. The molecule has 3 nitrogen and oxygen atoms in total. The van der Waals surface area contributed by atoms with E-state index >= 15 is 0 Å². The van der Waals surface area contributed by atoms with Gasteiger partial charge in [-0.1, -0.05) is 6.92 Å². The lowest BCUT2D eigenvalue weighted by atomic mass is 9.95. The summed E-state index contributed by atoms with van der Waals surface area (Å²) < 4.78 is 3.58. The zero-order valence-corrected chi connectivity index (χ0v) is 12.0. The summed E-state index contributed by atoms with van der Waals surface area (Å²) in [6.45, 7) is 5.78. The number of imidazole rings is 1. The van der Waals surface area contributed by atoms with E-state index in [0.717, 1.165) is 30.2 Å². The number of fused-ring (bicyclic) bond motifs is 1. The molecule has 1 unspecified atom stereocenters. The summed E-state index contributed by atoms with van der Waals surface area (Å²) >= 11 is 3.65. The van der Waals surface area contributed by atoms with Crippen LogP contribution in [0.15, 0.2) is 4.60 Å². The number of rotatable bonds is 1. The molecule has 2 aliphatic rings. The smallest absolute Gasteiger partial charge is 0.127 e. The van der Waals surface area contributed by atoms with Crippen LogP contribution in [0.4, 0.5) is 0 Å². The summed E-state index contributed by atoms with van der Waals surface area (Å²) in [5.41, 5.74) is 1.43. The van der Waals surface area contributed by atoms with Crippen molar-refractivity contribution in [3.8, 4) is 0 Å². The van der Waals surface area contributed by atoms with Gasteiger partial charge in [-0.05, 0) is 60.6 Å². The summed E-state index contributed by atoms with van der Waals surface area (Å²) in [4.78, 5) is 4.80. The zero-order valence-electron chi connectivity index (χ0n) is 10.4. The molecule has 1 aromatic rings. The first-order valence-electron chi connectivity index (χ1n) is 6.71. The van der Waals surface area contributed by atoms with Crippen LogP contribution in [-0.4, -0.2) is 22.6 Å². The number of halogens is 1. The first kappa shape index (κ1) is 11.7. The van der Waals surface area contributed by atoms with Gasteiger partial charge in [0.1, 0.15) is 10.4 Å². The molecule has 0 bridgehead atoms. The average molecular weight is 298 g/mol. The molecule has 0 aliphatic carbocycles. The van der Waals surface area contributed by atoms with Crippen LogP contribution in [-0.2, 0) is 13.0 Å². The molecular formula is C13H20BrN3. The van der Waals surface area contributed by atoms with E-state index in [4.69, 9.17) is 4.98 Å². The quantitative estimate of drug-likeness (QED) is 0.864. The fourth-order valence-corrected chi connectivity index (χ4v) is 3.65. The molecule has 0 radical (unpaired) electrons. The molecule has 0 saturated carbocycles. The van der Waals surface area contributed by atoms with E-state index in [0.29, 0.717) is 5.92 Å². The monoisotopic (exact) mass is 297 g/mol. The van der Waals surface area contributed by atoms with Crippen molar-refractivity contribution in [2.24, 2.45) is 5.92 Å². The van der Waals surface area contributed by atoms with Crippen molar-refractivity contribution in [2.45, 2.75) is 45.1 Å². The summed E-state index contributed by atoms with van der Waals surface area (Å²) in [6, 6.07) is 0. The minimum absolute atomic E-state index is 0.662. The molecule has 2 aliphatic heterocycles. The first-order valence-corrected chi connectivity index (χ1v) is 7.50. The molecule has 4 heteroatoms. The van der Waals surface area contributed by atoms with Crippen molar-refractivity contribution in [3.63, 3.8) is 0 Å². The fourth-order valence-electron chi connectivity index (χ4n) is 3.09. The van der Waals surface area contributed by atoms with Crippen molar-refractivity contribution in [1.29, 1.82) is 0 Å². The minimum atomic E-state index is 0.662. The molecule has 0 aromatic carbocycles. The van der Waals surface area contributed by atoms with Crippen LogP contribution in [0.2, 0.25) is 0 Å². The highest BCUT2D eigenvalue weighted by molar-refractivity contribution is 9.10. The van der Waals surface area contributed by atoms with E-state index < -0.39 is 0 Å². The Balaban J connectivity index is 1.92. The van der Waals surface area contributed by atoms with E-state index in [1.165, 1.54) is 37.2 Å². The molecule has 17 heavy (non-hydrogen) atoms. The van der Waals surface area contributed by atoms with Crippen LogP contribution in [0.3, 0.4) is 0 Å². The Hall–Kier alpha value is -0.350. The normalized spacial score (nSPS) is 25.9. The predicted octanol–water partition coefficient (Wildman–Crippen LogP) is 2.69. The van der Waals surface area contributed by atoms with Crippen molar-refractivity contribution >= 4 is 15.9 Å². The lowest BCUT2D eigenvalue weighted by Gasteiger charge is -2.27. The van der Waals surface area contributed by atoms with Gasteiger partial charge in [0.25, 0.3) is 0 Å². The molecule has 1 saturated heterocycles. The average Bonchev–Trinajstić information content (AvgIpc) is 2.68. The third kappa shape index (κ3) is 2.17. The fraction of sp³-hybridized carbons (Fsp3) is 0.769. The summed E-state index contributed by atoms with van der Waals surface area (Å²) in [5, 5.41) is 3.43. The molecular weight excluding hydrogens is 278 g/mol. The second-order valence-electron chi connectivity index (χ2n) is 5.48. The van der Waals surface area contributed by atoms with Gasteiger partial charge in [0.2, 0.25) is 0 Å². The van der Waals surface area contributed by atoms with Gasteiger partial charge in [0.05, 0.1) is 5.69 Å². The molecule has 0 amide bonds.